The highest BCUT2D eigenvalue weighted by Crippen LogP contribution is 2.58. The molecule has 0 aliphatic heterocycles. The summed E-state index contributed by atoms with van der Waals surface area (Å²) in [5.74, 6) is 2.53. The number of hydrogen-bond donors (Lipinski definition) is 0. The highest BCUT2D eigenvalue weighted by atomic mass is 16.5. The van der Waals surface area contributed by atoms with E-state index in [2.05, 4.69) is 49.9 Å². The minimum absolute atomic E-state index is 0.0243. The van der Waals surface area contributed by atoms with Gasteiger partial charge in [0, 0.05) is 42.9 Å². The van der Waals surface area contributed by atoms with Gasteiger partial charge in [-0.2, -0.15) is 5.10 Å². The molecule has 3 aromatic rings. The van der Waals surface area contributed by atoms with Crippen molar-refractivity contribution in [2.45, 2.75) is 110 Å². The zero-order valence-corrected chi connectivity index (χ0v) is 27.8. The van der Waals surface area contributed by atoms with Gasteiger partial charge in [-0.3, -0.25) is 14.4 Å². The molecule has 0 atom stereocenters. The van der Waals surface area contributed by atoms with Gasteiger partial charge in [0.15, 0.2) is 0 Å². The number of fused-ring (bicyclic) bond motifs is 3. The zero-order valence-electron chi connectivity index (χ0n) is 27.8. The number of nitrogens with zero attached hydrogens (tertiary/aromatic N) is 4. The van der Waals surface area contributed by atoms with Crippen LogP contribution in [0.3, 0.4) is 0 Å². The van der Waals surface area contributed by atoms with Crippen LogP contribution in [0.5, 0.6) is 5.75 Å². The van der Waals surface area contributed by atoms with Gasteiger partial charge in [-0.25, -0.2) is 4.98 Å². The van der Waals surface area contributed by atoms with Crippen molar-refractivity contribution in [1.29, 1.82) is 0 Å². The molecule has 240 valence electrons. The molecular weight excluding hydrogens is 560 g/mol. The summed E-state index contributed by atoms with van der Waals surface area (Å²) in [4.78, 5) is 33.1. The van der Waals surface area contributed by atoms with Gasteiger partial charge in [0.1, 0.15) is 17.4 Å². The quantitative estimate of drug-likeness (QED) is 0.231. The maximum atomic E-state index is 14.5. The van der Waals surface area contributed by atoms with Crippen LogP contribution in [0.25, 0.3) is 11.3 Å². The van der Waals surface area contributed by atoms with E-state index in [9.17, 15) is 9.59 Å². The van der Waals surface area contributed by atoms with Crippen LogP contribution >= 0.6 is 0 Å². The van der Waals surface area contributed by atoms with Crippen molar-refractivity contribution >= 4 is 17.5 Å². The Kier molecular flexibility index (Phi) is 8.91. The van der Waals surface area contributed by atoms with E-state index in [0.717, 1.165) is 87.0 Å². The summed E-state index contributed by atoms with van der Waals surface area (Å²) in [6.45, 7) is 8.78. The molecule has 2 heterocycles. The fourth-order valence-corrected chi connectivity index (χ4v) is 8.49. The maximum Gasteiger partial charge on any atom is 0.231 e. The molecule has 0 saturated heterocycles. The zero-order chi connectivity index (χ0) is 31.8. The second-order valence-corrected chi connectivity index (χ2v) is 14.7. The molecule has 1 amide bonds. The molecule has 1 aromatic carbocycles. The Morgan fingerprint density at radius 2 is 1.71 bits per heavy atom. The standard InChI is InChI=1S/C38H50N4O3/c1-26(2)42-21-13-33(40-42)31-12-20-39-35(24-31)41(36(44)30-8-6-29(7-9-30)23-28(4)43)25-37-14-17-38(18-15-37,19-16-37)32-10-11-34(45-5)27(3)22-32/h10-13,20-22,24,26,29-30H,6-9,14-19,23,25H2,1-5H3. The number of carbonyl (C=O) groups excluding carboxylic acids is 2. The Labute approximate surface area is 268 Å². The number of ether oxygens (including phenoxy) is 1. The van der Waals surface area contributed by atoms with Crippen LogP contribution in [0.1, 0.15) is 109 Å². The van der Waals surface area contributed by atoms with Crippen LogP contribution in [0.2, 0.25) is 0 Å². The Morgan fingerprint density at radius 1 is 1.00 bits per heavy atom. The molecule has 0 N–H and O–H groups in total. The third kappa shape index (κ3) is 6.45. The van der Waals surface area contributed by atoms with Crippen LogP contribution < -0.4 is 9.64 Å². The van der Waals surface area contributed by atoms with Crippen LogP contribution in [0, 0.1) is 24.2 Å². The molecule has 4 aliphatic carbocycles. The number of pyridine rings is 1. The summed E-state index contributed by atoms with van der Waals surface area (Å²) in [5.41, 5.74) is 4.85. The fourth-order valence-electron chi connectivity index (χ4n) is 8.49. The molecule has 7 heteroatoms. The molecule has 45 heavy (non-hydrogen) atoms. The lowest BCUT2D eigenvalue weighted by Crippen LogP contribution is -2.52. The van der Waals surface area contributed by atoms with Gasteiger partial charge in [-0.15, -0.1) is 0 Å². The van der Waals surface area contributed by atoms with Crippen LogP contribution in [-0.2, 0) is 15.0 Å². The van der Waals surface area contributed by atoms with Crippen LogP contribution in [0.4, 0.5) is 5.82 Å². The Hall–Kier alpha value is -3.48. The number of anilines is 1. The average Bonchev–Trinajstić information content (AvgIpc) is 3.56. The lowest BCUT2D eigenvalue weighted by Gasteiger charge is -2.55. The first kappa shape index (κ1) is 31.5. The van der Waals surface area contributed by atoms with Gasteiger partial charge in [-0.1, -0.05) is 12.1 Å². The topological polar surface area (TPSA) is 77.3 Å². The van der Waals surface area contributed by atoms with Crippen molar-refractivity contribution in [2.24, 2.45) is 17.3 Å². The van der Waals surface area contributed by atoms with Crippen LogP contribution in [-0.4, -0.2) is 40.1 Å². The van der Waals surface area contributed by atoms with Crippen molar-refractivity contribution in [1.82, 2.24) is 14.8 Å². The second-order valence-electron chi connectivity index (χ2n) is 14.7. The van der Waals surface area contributed by atoms with Crippen LogP contribution in [0.15, 0.2) is 48.8 Å². The third-order valence-electron chi connectivity index (χ3n) is 11.4. The lowest BCUT2D eigenvalue weighted by atomic mass is 9.51. The predicted molar refractivity (Wildman–Crippen MR) is 178 cm³/mol. The van der Waals surface area contributed by atoms with E-state index >= 15 is 0 Å². The Balaban J connectivity index is 1.25. The molecule has 7 rings (SSSR count). The first-order valence-corrected chi connectivity index (χ1v) is 17.1. The SMILES string of the molecule is COc1ccc(C23CCC(CN(C(=O)C4CCC(CC(C)=O)CC4)c4cc(-c5ccn(C(C)C)n5)ccn4)(CC2)CC3)cc1C. The number of rotatable bonds is 10. The monoisotopic (exact) mass is 610 g/mol. The van der Waals surface area contributed by atoms with Gasteiger partial charge < -0.3 is 9.53 Å². The van der Waals surface area contributed by atoms with E-state index in [0.29, 0.717) is 18.9 Å². The summed E-state index contributed by atoms with van der Waals surface area (Å²) < 4.78 is 7.51. The number of aryl methyl sites for hydroxylation is 1. The number of aromatic nitrogens is 3. The molecule has 7 nitrogen and oxygen atoms in total. The third-order valence-corrected chi connectivity index (χ3v) is 11.4. The van der Waals surface area contributed by atoms with Gasteiger partial charge in [0.25, 0.3) is 0 Å². The fraction of sp³-hybridized carbons (Fsp3) is 0.579. The van der Waals surface area contributed by atoms with Crippen molar-refractivity contribution in [2.75, 3.05) is 18.6 Å². The van der Waals surface area contributed by atoms with Crippen molar-refractivity contribution in [3.63, 3.8) is 0 Å². The van der Waals surface area contributed by atoms with Gasteiger partial charge >= 0.3 is 0 Å². The second kappa shape index (κ2) is 12.7. The molecule has 0 radical (unpaired) electrons. The van der Waals surface area contributed by atoms with Gasteiger partial charge in [-0.05, 0) is 144 Å². The number of methoxy groups -OCH3 is 1. The predicted octanol–water partition coefficient (Wildman–Crippen LogP) is 8.25. The maximum absolute atomic E-state index is 14.5. The molecule has 0 unspecified atom stereocenters. The largest absolute Gasteiger partial charge is 0.496 e. The number of amides is 1. The van der Waals surface area contributed by atoms with Gasteiger partial charge in [0.05, 0.1) is 12.8 Å². The smallest absolute Gasteiger partial charge is 0.231 e. The first-order valence-electron chi connectivity index (χ1n) is 17.1. The number of carbonyl (C=O) groups is 2. The minimum atomic E-state index is -0.0243. The summed E-state index contributed by atoms with van der Waals surface area (Å²) in [6, 6.07) is 13.1. The minimum Gasteiger partial charge on any atom is -0.496 e. The lowest BCUT2D eigenvalue weighted by molar-refractivity contribution is -0.124. The van der Waals surface area contributed by atoms with E-state index in [1.54, 1.807) is 14.0 Å². The number of hydrogen-bond acceptors (Lipinski definition) is 5. The molecule has 0 spiro atoms. The molecule has 2 aromatic heterocycles. The molecular formula is C38H50N4O3. The van der Waals surface area contributed by atoms with E-state index in [1.807, 2.05) is 29.2 Å². The number of Topliss-reactive ketones (excluding diaryl/α,β-unsaturated/α-hetero) is 1. The summed E-state index contributed by atoms with van der Waals surface area (Å²) in [6.07, 6.45) is 14.9. The molecule has 4 fully saturated rings. The van der Waals surface area contributed by atoms with E-state index in [1.165, 1.54) is 11.1 Å². The molecule has 4 saturated carbocycles. The highest BCUT2D eigenvalue weighted by molar-refractivity contribution is 5.95. The highest BCUT2D eigenvalue weighted by Gasteiger charge is 2.50. The Morgan fingerprint density at radius 3 is 2.31 bits per heavy atom. The van der Waals surface area contributed by atoms with Crippen molar-refractivity contribution in [3.8, 4) is 17.0 Å². The van der Waals surface area contributed by atoms with Crippen molar-refractivity contribution in [3.05, 3.63) is 59.9 Å². The van der Waals surface area contributed by atoms with Crippen molar-refractivity contribution < 1.29 is 14.3 Å². The van der Waals surface area contributed by atoms with E-state index in [4.69, 9.17) is 14.8 Å². The number of ketones is 1. The Bertz CT molecular complexity index is 1510. The summed E-state index contributed by atoms with van der Waals surface area (Å²) in [7, 11) is 1.74. The average molecular weight is 611 g/mol. The molecule has 4 aliphatic rings. The normalized spacial score (nSPS) is 26.2. The number of benzene rings is 1. The molecule has 2 bridgehead atoms. The first-order chi connectivity index (χ1) is 21.6. The van der Waals surface area contributed by atoms with E-state index < -0.39 is 0 Å². The summed E-state index contributed by atoms with van der Waals surface area (Å²) >= 11 is 0. The van der Waals surface area contributed by atoms with Gasteiger partial charge in [0.2, 0.25) is 5.91 Å². The summed E-state index contributed by atoms with van der Waals surface area (Å²) in [5, 5.41) is 4.80. The van der Waals surface area contributed by atoms with E-state index in [-0.39, 0.29) is 34.5 Å².